The summed E-state index contributed by atoms with van der Waals surface area (Å²) in [5.74, 6) is -0.646. The summed E-state index contributed by atoms with van der Waals surface area (Å²) in [6, 6.07) is 9.58. The highest BCUT2D eigenvalue weighted by molar-refractivity contribution is 7.17. The van der Waals surface area contributed by atoms with Gasteiger partial charge in [-0.25, -0.2) is 9.78 Å². The van der Waals surface area contributed by atoms with Gasteiger partial charge in [0, 0.05) is 0 Å². The Morgan fingerprint density at radius 3 is 2.56 bits per heavy atom. The molecule has 1 heterocycles. The molecule has 2 aromatic rings. The molecule has 0 spiro atoms. The number of esters is 1. The van der Waals surface area contributed by atoms with Gasteiger partial charge in [0.2, 0.25) is 0 Å². The smallest absolute Gasteiger partial charge is 0.350 e. The molecule has 1 N–H and O–H groups in total. The normalized spacial score (nSPS) is 11.2. The molecule has 27 heavy (non-hydrogen) atoms. The zero-order valence-electron chi connectivity index (χ0n) is 15.7. The maximum absolute atomic E-state index is 12.4. The number of carbonyl (C=O) groups excluding carboxylic acids is 2. The van der Waals surface area contributed by atoms with Crippen LogP contribution in [0.5, 0.6) is 0 Å². The number of nitriles is 1. The van der Waals surface area contributed by atoms with Crippen LogP contribution in [0.2, 0.25) is 0 Å². The molecular weight excluding hydrogens is 362 g/mol. The van der Waals surface area contributed by atoms with E-state index >= 15 is 0 Å². The molecule has 6 nitrogen and oxygen atoms in total. The highest BCUT2D eigenvalue weighted by Crippen LogP contribution is 2.24. The first-order valence-corrected chi connectivity index (χ1v) is 9.35. The Bertz CT molecular complexity index is 906. The molecule has 140 valence electrons. The standard InChI is InChI=1S/C20H21N3O3S/c1-5-26-19(25)17-13(4)22-20(27-17)23-18(24)16(11-21)10-14-6-8-15(9-7-14)12(2)3/h6-10,12H,5H2,1-4H3,(H,22,23,24). The molecule has 2 rings (SSSR count). The lowest BCUT2D eigenvalue weighted by Gasteiger charge is -2.05. The maximum Gasteiger partial charge on any atom is 0.350 e. The minimum absolute atomic E-state index is 0.0437. The van der Waals surface area contributed by atoms with Crippen molar-refractivity contribution < 1.29 is 14.3 Å². The van der Waals surface area contributed by atoms with Crippen molar-refractivity contribution >= 4 is 34.4 Å². The number of hydrogen-bond donors (Lipinski definition) is 1. The Balaban J connectivity index is 2.17. The minimum Gasteiger partial charge on any atom is -0.462 e. The van der Waals surface area contributed by atoms with Crippen LogP contribution in [0.3, 0.4) is 0 Å². The Morgan fingerprint density at radius 1 is 1.33 bits per heavy atom. The summed E-state index contributed by atoms with van der Waals surface area (Å²) in [5, 5.41) is 12.1. The average Bonchev–Trinajstić information content (AvgIpc) is 3.00. The second-order valence-corrected chi connectivity index (χ2v) is 7.10. The van der Waals surface area contributed by atoms with E-state index in [0.717, 1.165) is 16.9 Å². The Morgan fingerprint density at radius 2 is 2.00 bits per heavy atom. The fraction of sp³-hybridized carbons (Fsp3) is 0.300. The van der Waals surface area contributed by atoms with Crippen LogP contribution >= 0.6 is 11.3 Å². The summed E-state index contributed by atoms with van der Waals surface area (Å²) in [7, 11) is 0. The lowest BCUT2D eigenvalue weighted by Crippen LogP contribution is -2.13. The van der Waals surface area contributed by atoms with E-state index in [9.17, 15) is 14.9 Å². The van der Waals surface area contributed by atoms with Gasteiger partial charge in [-0.1, -0.05) is 49.4 Å². The minimum atomic E-state index is -0.574. The number of ether oxygens (including phenoxy) is 1. The predicted molar refractivity (Wildman–Crippen MR) is 106 cm³/mol. The Hall–Kier alpha value is -2.98. The molecule has 1 amide bonds. The fourth-order valence-electron chi connectivity index (χ4n) is 2.29. The Labute approximate surface area is 162 Å². The van der Waals surface area contributed by atoms with Crippen molar-refractivity contribution in [3.05, 3.63) is 51.5 Å². The third-order valence-electron chi connectivity index (χ3n) is 3.76. The second-order valence-electron chi connectivity index (χ2n) is 6.10. The highest BCUT2D eigenvalue weighted by Gasteiger charge is 2.18. The molecular formula is C20H21N3O3S. The van der Waals surface area contributed by atoms with E-state index in [4.69, 9.17) is 4.74 Å². The number of rotatable bonds is 6. The first kappa shape index (κ1) is 20.3. The predicted octanol–water partition coefficient (Wildman–Crippen LogP) is 4.30. The van der Waals surface area contributed by atoms with E-state index in [-0.39, 0.29) is 17.3 Å². The van der Waals surface area contributed by atoms with E-state index in [1.54, 1.807) is 13.8 Å². The number of nitrogens with zero attached hydrogens (tertiary/aromatic N) is 2. The van der Waals surface area contributed by atoms with Gasteiger partial charge in [0.1, 0.15) is 16.5 Å². The van der Waals surface area contributed by atoms with Gasteiger partial charge < -0.3 is 4.74 Å². The van der Waals surface area contributed by atoms with Crippen LogP contribution in [0, 0.1) is 18.3 Å². The van der Waals surface area contributed by atoms with Crippen LogP contribution in [0.15, 0.2) is 29.8 Å². The van der Waals surface area contributed by atoms with E-state index < -0.39 is 11.9 Å². The average molecular weight is 383 g/mol. The van der Waals surface area contributed by atoms with Gasteiger partial charge in [-0.2, -0.15) is 5.26 Å². The van der Waals surface area contributed by atoms with Gasteiger partial charge in [0.15, 0.2) is 5.13 Å². The second kappa shape index (κ2) is 9.10. The zero-order chi connectivity index (χ0) is 20.0. The van der Waals surface area contributed by atoms with Crippen molar-refractivity contribution in [2.24, 2.45) is 0 Å². The monoisotopic (exact) mass is 383 g/mol. The lowest BCUT2D eigenvalue weighted by molar-refractivity contribution is -0.112. The number of nitrogens with one attached hydrogen (secondary N) is 1. The van der Waals surface area contributed by atoms with Crippen molar-refractivity contribution in [2.75, 3.05) is 11.9 Å². The molecule has 0 atom stereocenters. The van der Waals surface area contributed by atoms with Crippen molar-refractivity contribution in [2.45, 2.75) is 33.6 Å². The van der Waals surface area contributed by atoms with Crippen LogP contribution in [-0.4, -0.2) is 23.5 Å². The molecule has 0 aliphatic rings. The van der Waals surface area contributed by atoms with E-state index in [0.29, 0.717) is 16.5 Å². The molecule has 1 aromatic carbocycles. The number of carbonyl (C=O) groups is 2. The molecule has 0 bridgehead atoms. The molecule has 0 aliphatic carbocycles. The first-order valence-electron chi connectivity index (χ1n) is 8.53. The van der Waals surface area contributed by atoms with Gasteiger partial charge in [0.05, 0.1) is 12.3 Å². The lowest BCUT2D eigenvalue weighted by atomic mass is 10.0. The van der Waals surface area contributed by atoms with Gasteiger partial charge in [0.25, 0.3) is 5.91 Å². The molecule has 0 unspecified atom stereocenters. The summed E-state index contributed by atoms with van der Waals surface area (Å²) in [6.07, 6.45) is 1.52. The van der Waals surface area contributed by atoms with Crippen LogP contribution in [-0.2, 0) is 9.53 Å². The SMILES string of the molecule is CCOC(=O)c1sc(NC(=O)C(C#N)=Cc2ccc(C(C)C)cc2)nc1C. The number of benzene rings is 1. The first-order chi connectivity index (χ1) is 12.8. The zero-order valence-corrected chi connectivity index (χ0v) is 16.5. The third kappa shape index (κ3) is 5.25. The number of aryl methyl sites for hydroxylation is 1. The van der Waals surface area contributed by atoms with Crippen molar-refractivity contribution in [1.82, 2.24) is 4.98 Å². The van der Waals surface area contributed by atoms with Gasteiger partial charge in [-0.05, 0) is 37.0 Å². The Kier molecular flexibility index (Phi) is 6.85. The number of hydrogen-bond acceptors (Lipinski definition) is 6. The van der Waals surface area contributed by atoms with Gasteiger partial charge >= 0.3 is 5.97 Å². The quantitative estimate of drug-likeness (QED) is 0.456. The van der Waals surface area contributed by atoms with Crippen molar-refractivity contribution in [3.8, 4) is 6.07 Å². The van der Waals surface area contributed by atoms with Gasteiger partial charge in [-0.15, -0.1) is 0 Å². The maximum atomic E-state index is 12.4. The molecule has 0 fully saturated rings. The number of thiazole rings is 1. The van der Waals surface area contributed by atoms with Crippen molar-refractivity contribution in [3.63, 3.8) is 0 Å². The highest BCUT2D eigenvalue weighted by atomic mass is 32.1. The molecule has 0 aliphatic heterocycles. The fourth-order valence-corrected chi connectivity index (χ4v) is 3.15. The third-order valence-corrected chi connectivity index (χ3v) is 4.81. The number of amides is 1. The van der Waals surface area contributed by atoms with Crippen molar-refractivity contribution in [1.29, 1.82) is 5.26 Å². The number of aromatic nitrogens is 1. The van der Waals surface area contributed by atoms with Crippen LogP contribution in [0.4, 0.5) is 5.13 Å². The van der Waals surface area contributed by atoms with E-state index in [1.807, 2.05) is 30.3 Å². The molecule has 0 saturated carbocycles. The summed E-state index contributed by atoms with van der Waals surface area (Å²) >= 11 is 1.02. The summed E-state index contributed by atoms with van der Waals surface area (Å²) in [5.41, 5.74) is 2.37. The molecule has 0 saturated heterocycles. The molecule has 1 aromatic heterocycles. The van der Waals surface area contributed by atoms with E-state index in [1.165, 1.54) is 11.6 Å². The summed E-state index contributed by atoms with van der Waals surface area (Å²) in [6.45, 7) is 7.83. The van der Waals surface area contributed by atoms with Crippen LogP contribution in [0.1, 0.15) is 53.2 Å². The topological polar surface area (TPSA) is 92.1 Å². The summed E-state index contributed by atoms with van der Waals surface area (Å²) in [4.78, 5) is 28.7. The largest absolute Gasteiger partial charge is 0.462 e. The number of anilines is 1. The summed E-state index contributed by atoms with van der Waals surface area (Å²) < 4.78 is 4.96. The van der Waals surface area contributed by atoms with Crippen LogP contribution < -0.4 is 5.32 Å². The van der Waals surface area contributed by atoms with Crippen LogP contribution in [0.25, 0.3) is 6.08 Å². The van der Waals surface area contributed by atoms with Gasteiger partial charge in [-0.3, -0.25) is 10.1 Å². The molecule has 0 radical (unpaired) electrons. The molecule has 7 heteroatoms. The van der Waals surface area contributed by atoms with E-state index in [2.05, 4.69) is 24.1 Å².